The van der Waals surface area contributed by atoms with Gasteiger partial charge in [0.15, 0.2) is 0 Å². The fourth-order valence-corrected chi connectivity index (χ4v) is 2.55. The summed E-state index contributed by atoms with van der Waals surface area (Å²) < 4.78 is 51.8. The quantitative estimate of drug-likeness (QED) is 0.567. The van der Waals surface area contributed by atoms with E-state index in [9.17, 15) is 17.6 Å². The molecule has 0 aliphatic heterocycles. The van der Waals surface area contributed by atoms with E-state index in [4.69, 9.17) is 0 Å². The van der Waals surface area contributed by atoms with Crippen LogP contribution in [-0.2, 0) is 6.18 Å². The van der Waals surface area contributed by atoms with Crippen molar-refractivity contribution >= 4 is 22.1 Å². The van der Waals surface area contributed by atoms with Gasteiger partial charge in [0.1, 0.15) is 5.82 Å². The molecular weight excluding hydrogens is 306 g/mol. The van der Waals surface area contributed by atoms with Gasteiger partial charge in [-0.15, -0.1) is 0 Å². The molecule has 0 amide bonds. The van der Waals surface area contributed by atoms with E-state index in [1.165, 1.54) is 6.07 Å². The molecule has 0 aromatic heterocycles. The van der Waals surface area contributed by atoms with Crippen LogP contribution in [0, 0.1) is 12.7 Å². The van der Waals surface area contributed by atoms with Crippen molar-refractivity contribution < 1.29 is 17.6 Å². The molecule has 1 nitrogen and oxygen atoms in total. The maximum Gasteiger partial charge on any atom is 0.419 e. The highest BCUT2D eigenvalue weighted by atomic mass is 19.4. The van der Waals surface area contributed by atoms with Gasteiger partial charge in [0.25, 0.3) is 0 Å². The minimum atomic E-state index is -4.73. The standard InChI is InChI=1S/C18H13F4N/c1-11-4-2-6-14-13(11)5-3-7-17(14)23-12-8-9-16(19)15(10-12)18(20,21)22/h2-10,23H,1H3. The molecule has 0 aliphatic carbocycles. The molecule has 3 aromatic carbocycles. The number of benzene rings is 3. The topological polar surface area (TPSA) is 12.0 Å². The van der Waals surface area contributed by atoms with Crippen molar-refractivity contribution in [3.63, 3.8) is 0 Å². The van der Waals surface area contributed by atoms with Crippen LogP contribution in [0.2, 0.25) is 0 Å². The van der Waals surface area contributed by atoms with Crippen molar-refractivity contribution in [3.05, 3.63) is 71.5 Å². The normalized spacial score (nSPS) is 11.7. The fraction of sp³-hybridized carbons (Fsp3) is 0.111. The molecule has 0 saturated heterocycles. The average Bonchev–Trinajstić information content (AvgIpc) is 2.49. The van der Waals surface area contributed by atoms with Gasteiger partial charge in [-0.2, -0.15) is 13.2 Å². The number of aryl methyl sites for hydroxylation is 1. The summed E-state index contributed by atoms with van der Waals surface area (Å²) in [5.74, 6) is -1.28. The van der Waals surface area contributed by atoms with Gasteiger partial charge >= 0.3 is 6.18 Å². The second-order valence-electron chi connectivity index (χ2n) is 5.29. The van der Waals surface area contributed by atoms with Crippen molar-refractivity contribution in [1.29, 1.82) is 0 Å². The molecule has 1 N–H and O–H groups in total. The molecule has 5 heteroatoms. The smallest absolute Gasteiger partial charge is 0.355 e. The molecule has 0 unspecified atom stereocenters. The minimum Gasteiger partial charge on any atom is -0.355 e. The molecule has 0 atom stereocenters. The summed E-state index contributed by atoms with van der Waals surface area (Å²) in [6.45, 7) is 1.96. The van der Waals surface area contributed by atoms with Crippen LogP contribution in [0.1, 0.15) is 11.1 Å². The van der Waals surface area contributed by atoms with E-state index >= 15 is 0 Å². The number of halogens is 4. The molecule has 23 heavy (non-hydrogen) atoms. The number of hydrogen-bond acceptors (Lipinski definition) is 1. The Morgan fingerprint density at radius 3 is 2.30 bits per heavy atom. The number of anilines is 2. The molecule has 3 rings (SSSR count). The highest BCUT2D eigenvalue weighted by Crippen LogP contribution is 2.34. The van der Waals surface area contributed by atoms with Gasteiger partial charge in [0.05, 0.1) is 5.56 Å². The van der Waals surface area contributed by atoms with E-state index in [1.807, 2.05) is 37.3 Å². The minimum absolute atomic E-state index is 0.188. The van der Waals surface area contributed by atoms with Crippen LogP contribution in [-0.4, -0.2) is 0 Å². The first-order valence-electron chi connectivity index (χ1n) is 6.98. The highest BCUT2D eigenvalue weighted by Gasteiger charge is 2.34. The fourth-order valence-electron chi connectivity index (χ4n) is 2.55. The van der Waals surface area contributed by atoms with Crippen LogP contribution in [0.25, 0.3) is 10.8 Å². The Labute approximate surface area is 130 Å². The number of nitrogens with one attached hydrogen (secondary N) is 1. The molecule has 118 valence electrons. The molecule has 0 spiro atoms. The van der Waals surface area contributed by atoms with Gasteiger partial charge in [-0.25, -0.2) is 4.39 Å². The van der Waals surface area contributed by atoms with E-state index in [0.717, 1.165) is 28.5 Å². The van der Waals surface area contributed by atoms with Gasteiger partial charge in [-0.3, -0.25) is 0 Å². The van der Waals surface area contributed by atoms with E-state index in [-0.39, 0.29) is 5.69 Å². The zero-order chi connectivity index (χ0) is 16.6. The van der Waals surface area contributed by atoms with Crippen LogP contribution in [0.4, 0.5) is 28.9 Å². The summed E-state index contributed by atoms with van der Waals surface area (Å²) in [7, 11) is 0. The van der Waals surface area contributed by atoms with Crippen molar-refractivity contribution in [3.8, 4) is 0 Å². The lowest BCUT2D eigenvalue weighted by molar-refractivity contribution is -0.139. The number of rotatable bonds is 2. The van der Waals surface area contributed by atoms with Crippen LogP contribution in [0.3, 0.4) is 0 Å². The van der Waals surface area contributed by atoms with Crippen molar-refractivity contribution in [2.75, 3.05) is 5.32 Å². The zero-order valence-electron chi connectivity index (χ0n) is 12.2. The Morgan fingerprint density at radius 2 is 1.57 bits per heavy atom. The second kappa shape index (κ2) is 5.57. The van der Waals surface area contributed by atoms with Gasteiger partial charge in [0.2, 0.25) is 0 Å². The zero-order valence-corrected chi connectivity index (χ0v) is 12.2. The first-order chi connectivity index (χ1) is 10.9. The third kappa shape index (κ3) is 2.99. The van der Waals surface area contributed by atoms with Crippen LogP contribution < -0.4 is 5.32 Å². The Kier molecular flexibility index (Phi) is 3.72. The third-order valence-electron chi connectivity index (χ3n) is 3.69. The summed E-state index contributed by atoms with van der Waals surface area (Å²) in [6.07, 6.45) is -4.73. The monoisotopic (exact) mass is 319 g/mol. The lowest BCUT2D eigenvalue weighted by Gasteiger charge is -2.14. The number of hydrogen-bond donors (Lipinski definition) is 1. The summed E-state index contributed by atoms with van der Waals surface area (Å²) in [5.41, 5.74) is 0.652. The summed E-state index contributed by atoms with van der Waals surface area (Å²) in [4.78, 5) is 0. The van der Waals surface area contributed by atoms with Gasteiger partial charge in [-0.1, -0.05) is 30.3 Å². The molecule has 0 radical (unpaired) electrons. The summed E-state index contributed by atoms with van der Waals surface area (Å²) in [6, 6.07) is 14.2. The Hall–Kier alpha value is -2.56. The SMILES string of the molecule is Cc1cccc2c(Nc3ccc(F)c(C(F)(F)F)c3)cccc12. The molecule has 0 saturated carbocycles. The van der Waals surface area contributed by atoms with Gasteiger partial charge in [0, 0.05) is 16.8 Å². The van der Waals surface area contributed by atoms with Gasteiger partial charge in [-0.05, 0) is 42.1 Å². The first kappa shape index (κ1) is 15.3. The summed E-state index contributed by atoms with van der Waals surface area (Å²) >= 11 is 0. The lowest BCUT2D eigenvalue weighted by Crippen LogP contribution is -2.08. The van der Waals surface area contributed by atoms with Gasteiger partial charge < -0.3 is 5.32 Å². The Balaban J connectivity index is 2.05. The van der Waals surface area contributed by atoms with E-state index in [0.29, 0.717) is 5.69 Å². The van der Waals surface area contributed by atoms with Crippen molar-refractivity contribution in [1.82, 2.24) is 0 Å². The average molecular weight is 319 g/mol. The summed E-state index contributed by atoms with van der Waals surface area (Å²) in [5, 5.41) is 4.85. The maximum absolute atomic E-state index is 13.4. The van der Waals surface area contributed by atoms with Crippen molar-refractivity contribution in [2.24, 2.45) is 0 Å². The number of fused-ring (bicyclic) bond motifs is 1. The third-order valence-corrected chi connectivity index (χ3v) is 3.69. The van der Waals surface area contributed by atoms with Crippen molar-refractivity contribution in [2.45, 2.75) is 13.1 Å². The van der Waals surface area contributed by atoms with E-state index in [2.05, 4.69) is 5.32 Å². The number of alkyl halides is 3. The Morgan fingerprint density at radius 1 is 0.870 bits per heavy atom. The van der Waals surface area contributed by atoms with Crippen LogP contribution in [0.5, 0.6) is 0 Å². The molecule has 0 aliphatic rings. The van der Waals surface area contributed by atoms with E-state index in [1.54, 1.807) is 6.07 Å². The molecule has 0 heterocycles. The molecular formula is C18H13F4N. The lowest BCUT2D eigenvalue weighted by atomic mass is 10.0. The molecule has 0 fully saturated rings. The first-order valence-corrected chi connectivity index (χ1v) is 6.98. The van der Waals surface area contributed by atoms with Crippen LogP contribution in [0.15, 0.2) is 54.6 Å². The molecule has 3 aromatic rings. The predicted molar refractivity (Wildman–Crippen MR) is 83.4 cm³/mol. The Bertz CT molecular complexity index is 869. The maximum atomic E-state index is 13.4. The van der Waals surface area contributed by atoms with Crippen LogP contribution >= 0.6 is 0 Å². The highest BCUT2D eigenvalue weighted by molar-refractivity contribution is 5.97. The predicted octanol–water partition coefficient (Wildman–Crippen LogP) is 6.05. The van der Waals surface area contributed by atoms with E-state index < -0.39 is 17.6 Å². The second-order valence-corrected chi connectivity index (χ2v) is 5.29. The molecule has 0 bridgehead atoms. The largest absolute Gasteiger partial charge is 0.419 e.